The number of hydrogen-bond acceptors (Lipinski definition) is 2. The molecule has 0 aromatic heterocycles. The number of nitrogens with zero attached hydrogens (tertiary/aromatic N) is 1. The van der Waals surface area contributed by atoms with E-state index in [0.717, 1.165) is 0 Å². The molecule has 43 valence electrons. The van der Waals surface area contributed by atoms with Crippen molar-refractivity contribution < 1.29 is 5.11 Å². The summed E-state index contributed by atoms with van der Waals surface area (Å²) in [6.45, 7) is 0. The molecule has 1 aliphatic rings. The van der Waals surface area contributed by atoms with Crippen molar-refractivity contribution in [3.63, 3.8) is 0 Å². The van der Waals surface area contributed by atoms with Gasteiger partial charge in [-0.3, -0.25) is 0 Å². The first kappa shape index (κ1) is 5.38. The molecule has 1 rings (SSSR count). The van der Waals surface area contributed by atoms with E-state index >= 15 is 0 Å². The molecule has 0 amide bonds. The normalized spacial score (nSPS) is 20.0. The van der Waals surface area contributed by atoms with E-state index in [1.54, 1.807) is 30.3 Å². The summed E-state index contributed by atoms with van der Waals surface area (Å²) >= 11 is 0. The van der Waals surface area contributed by atoms with Crippen LogP contribution >= 0.6 is 0 Å². The molecule has 0 spiro atoms. The molecule has 0 unspecified atom stereocenters. The molecular formula is C6H8NO. The van der Waals surface area contributed by atoms with E-state index in [0.29, 0.717) is 0 Å². The summed E-state index contributed by atoms with van der Waals surface area (Å²) < 4.78 is 0. The lowest BCUT2D eigenvalue weighted by Gasteiger charge is -2.18. The number of likely N-dealkylation sites (N-methyl/N-ethyl adjacent to an activating group) is 1. The maximum atomic E-state index is 8.88. The molecule has 0 fully saturated rings. The Morgan fingerprint density at radius 1 is 1.50 bits per heavy atom. The van der Waals surface area contributed by atoms with E-state index in [1.807, 2.05) is 6.08 Å². The minimum atomic E-state index is 0.285. The minimum absolute atomic E-state index is 0.285. The molecule has 1 heterocycles. The molecule has 0 aromatic carbocycles. The maximum Gasteiger partial charge on any atom is 0.210 e. The maximum absolute atomic E-state index is 8.88. The first-order chi connectivity index (χ1) is 3.80. The van der Waals surface area contributed by atoms with Gasteiger partial charge in [-0.15, -0.1) is 0 Å². The Kier molecular flexibility index (Phi) is 1.35. The molecule has 0 aromatic rings. The highest BCUT2D eigenvalue weighted by molar-refractivity contribution is 5.16. The van der Waals surface area contributed by atoms with E-state index < -0.39 is 0 Å². The van der Waals surface area contributed by atoms with Crippen molar-refractivity contribution in [1.29, 1.82) is 0 Å². The number of aliphatic hydroxyl groups is 1. The van der Waals surface area contributed by atoms with Crippen LogP contribution in [0.3, 0.4) is 0 Å². The molecular weight excluding hydrogens is 102 g/mol. The highest BCUT2D eigenvalue weighted by Gasteiger charge is 2.04. The fourth-order valence-corrected chi connectivity index (χ4v) is 0.514. The minimum Gasteiger partial charge on any atom is -0.363 e. The molecule has 0 saturated carbocycles. The van der Waals surface area contributed by atoms with Crippen LogP contribution in [0.2, 0.25) is 0 Å². The predicted octanol–water partition coefficient (Wildman–Crippen LogP) is 0.864. The zero-order chi connectivity index (χ0) is 5.98. The monoisotopic (exact) mass is 110 g/mol. The van der Waals surface area contributed by atoms with Crippen LogP contribution < -0.4 is 0 Å². The summed E-state index contributed by atoms with van der Waals surface area (Å²) in [5.41, 5.74) is 0. The number of aliphatic hydroxyl groups excluding tert-OH is 1. The van der Waals surface area contributed by atoms with E-state index in [9.17, 15) is 0 Å². The molecule has 1 aliphatic heterocycles. The lowest BCUT2D eigenvalue weighted by molar-refractivity contribution is 0.208. The average molecular weight is 110 g/mol. The Balaban J connectivity index is 2.59. The molecule has 8 heavy (non-hydrogen) atoms. The lowest BCUT2D eigenvalue weighted by Crippen LogP contribution is -2.17. The molecule has 2 heteroatoms. The Morgan fingerprint density at radius 3 is 2.62 bits per heavy atom. The lowest BCUT2D eigenvalue weighted by atomic mass is 10.3. The Hall–Kier alpha value is -0.760. The van der Waals surface area contributed by atoms with Crippen molar-refractivity contribution >= 4 is 0 Å². The van der Waals surface area contributed by atoms with Crippen molar-refractivity contribution in [3.05, 3.63) is 30.7 Å². The molecule has 0 saturated heterocycles. The molecule has 0 aliphatic carbocycles. The van der Waals surface area contributed by atoms with E-state index in [2.05, 4.69) is 0 Å². The fourth-order valence-electron chi connectivity index (χ4n) is 0.514. The van der Waals surface area contributed by atoms with Gasteiger partial charge >= 0.3 is 0 Å². The van der Waals surface area contributed by atoms with Crippen LogP contribution in [0, 0.1) is 6.23 Å². The standard InChI is InChI=1S/C6H8NO/c1-7-5-3-2-4-6(7)8/h2-5,8H,1H3. The third-order valence-electron chi connectivity index (χ3n) is 1.03. The third-order valence-corrected chi connectivity index (χ3v) is 1.03. The van der Waals surface area contributed by atoms with E-state index in [1.165, 1.54) is 0 Å². The van der Waals surface area contributed by atoms with Gasteiger partial charge in [-0.2, -0.15) is 0 Å². The van der Waals surface area contributed by atoms with Gasteiger partial charge in [0.2, 0.25) is 6.23 Å². The van der Waals surface area contributed by atoms with Crippen molar-refractivity contribution in [2.75, 3.05) is 7.05 Å². The summed E-state index contributed by atoms with van der Waals surface area (Å²) in [5.74, 6) is 0. The second kappa shape index (κ2) is 2.01. The third kappa shape index (κ3) is 0.898. The number of hydrogen-bond donors (Lipinski definition) is 1. The van der Waals surface area contributed by atoms with Crippen LogP contribution in [0.15, 0.2) is 24.4 Å². The number of rotatable bonds is 0. The highest BCUT2D eigenvalue weighted by atomic mass is 16.3. The quantitative estimate of drug-likeness (QED) is 0.500. The predicted molar refractivity (Wildman–Crippen MR) is 31.2 cm³/mol. The van der Waals surface area contributed by atoms with Crippen LogP contribution in [0.25, 0.3) is 0 Å². The SMILES string of the molecule is CN1C=CC=C[C]1O. The van der Waals surface area contributed by atoms with Gasteiger partial charge in [-0.25, -0.2) is 0 Å². The number of allylic oxidation sites excluding steroid dienone is 2. The van der Waals surface area contributed by atoms with Crippen LogP contribution in [-0.2, 0) is 0 Å². The summed E-state index contributed by atoms with van der Waals surface area (Å²) in [6.07, 6.45) is 7.36. The van der Waals surface area contributed by atoms with Crippen molar-refractivity contribution in [1.82, 2.24) is 4.90 Å². The summed E-state index contributed by atoms with van der Waals surface area (Å²) in [5, 5.41) is 8.88. The Labute approximate surface area is 48.7 Å². The van der Waals surface area contributed by atoms with Gasteiger partial charge in [0.15, 0.2) is 0 Å². The van der Waals surface area contributed by atoms with Gasteiger partial charge < -0.3 is 10.0 Å². The molecule has 1 radical (unpaired) electrons. The van der Waals surface area contributed by atoms with E-state index in [4.69, 9.17) is 5.11 Å². The van der Waals surface area contributed by atoms with Crippen LogP contribution in [0.5, 0.6) is 0 Å². The summed E-state index contributed by atoms with van der Waals surface area (Å²) in [4.78, 5) is 1.64. The fraction of sp³-hybridized carbons (Fsp3) is 0.167. The first-order valence-corrected chi connectivity index (χ1v) is 2.44. The van der Waals surface area contributed by atoms with Gasteiger partial charge in [-0.05, 0) is 12.2 Å². The van der Waals surface area contributed by atoms with E-state index in [-0.39, 0.29) is 6.23 Å². The van der Waals surface area contributed by atoms with Crippen LogP contribution in [0.1, 0.15) is 0 Å². The molecule has 0 atom stereocenters. The van der Waals surface area contributed by atoms with Gasteiger partial charge in [0.05, 0.1) is 0 Å². The van der Waals surface area contributed by atoms with Gasteiger partial charge in [-0.1, -0.05) is 6.08 Å². The highest BCUT2D eigenvalue weighted by Crippen LogP contribution is 2.07. The largest absolute Gasteiger partial charge is 0.363 e. The summed E-state index contributed by atoms with van der Waals surface area (Å²) in [6, 6.07) is 0. The molecule has 0 bridgehead atoms. The second-order valence-corrected chi connectivity index (χ2v) is 1.67. The van der Waals surface area contributed by atoms with Crippen LogP contribution in [0.4, 0.5) is 0 Å². The first-order valence-electron chi connectivity index (χ1n) is 2.44. The van der Waals surface area contributed by atoms with Gasteiger partial charge in [0, 0.05) is 13.2 Å². The van der Waals surface area contributed by atoms with Crippen molar-refractivity contribution in [3.8, 4) is 0 Å². The zero-order valence-corrected chi connectivity index (χ0v) is 4.70. The van der Waals surface area contributed by atoms with Gasteiger partial charge in [0.25, 0.3) is 0 Å². The average Bonchev–Trinajstić information content (AvgIpc) is 1.77. The Bertz CT molecular complexity index is 112. The van der Waals surface area contributed by atoms with Crippen molar-refractivity contribution in [2.24, 2.45) is 0 Å². The Morgan fingerprint density at radius 2 is 2.25 bits per heavy atom. The smallest absolute Gasteiger partial charge is 0.210 e. The van der Waals surface area contributed by atoms with Gasteiger partial charge in [0.1, 0.15) is 0 Å². The van der Waals surface area contributed by atoms with Crippen molar-refractivity contribution in [2.45, 2.75) is 0 Å². The summed E-state index contributed by atoms with van der Waals surface area (Å²) in [7, 11) is 1.79. The molecule has 1 N–H and O–H groups in total. The molecule has 2 nitrogen and oxygen atoms in total. The van der Waals surface area contributed by atoms with Crippen LogP contribution in [-0.4, -0.2) is 17.1 Å². The zero-order valence-electron chi connectivity index (χ0n) is 4.70. The second-order valence-electron chi connectivity index (χ2n) is 1.67. The topological polar surface area (TPSA) is 23.5 Å².